The molecule has 0 fully saturated rings. The molecule has 0 aliphatic rings. The van der Waals surface area contributed by atoms with Crippen LogP contribution in [0, 0.1) is 0 Å². The van der Waals surface area contributed by atoms with Gasteiger partial charge in [0.2, 0.25) is 11.8 Å². The Balaban J connectivity index is 1.76. The lowest BCUT2D eigenvalue weighted by Gasteiger charge is -2.06. The maximum absolute atomic E-state index is 12.0. The number of nitrogens with zero attached hydrogens (tertiary/aromatic N) is 2. The summed E-state index contributed by atoms with van der Waals surface area (Å²) in [4.78, 5) is 24.0. The molecule has 2 aromatic rings. The number of amides is 2. The molecule has 0 aliphatic carbocycles. The Morgan fingerprint density at radius 3 is 1.41 bits per heavy atom. The maximum Gasteiger partial charge on any atom is 0.240 e. The summed E-state index contributed by atoms with van der Waals surface area (Å²) in [6.07, 6.45) is 2.32. The first-order valence-corrected chi connectivity index (χ1v) is 9.95. The average Bonchev–Trinajstić information content (AvgIpc) is 2.76. The van der Waals surface area contributed by atoms with Gasteiger partial charge in [-0.05, 0) is 30.4 Å². The van der Waals surface area contributed by atoms with Gasteiger partial charge in [-0.25, -0.2) is 10.9 Å². The molecule has 0 bridgehead atoms. The van der Waals surface area contributed by atoms with E-state index in [1.807, 2.05) is 74.5 Å². The topological polar surface area (TPSA) is 82.9 Å². The lowest BCUT2D eigenvalue weighted by atomic mass is 10.1. The lowest BCUT2D eigenvalue weighted by Crippen LogP contribution is -2.22. The van der Waals surface area contributed by atoms with Crippen LogP contribution in [0.4, 0.5) is 0 Å². The second kappa shape index (κ2) is 12.2. The summed E-state index contributed by atoms with van der Waals surface area (Å²) in [5.74, 6) is -0.413. The number of hydrogen-bond donors (Lipinski definition) is 2. The van der Waals surface area contributed by atoms with Crippen LogP contribution in [-0.2, 0) is 9.59 Å². The predicted molar refractivity (Wildman–Crippen MR) is 117 cm³/mol. The monoisotopic (exact) mass is 392 g/mol. The van der Waals surface area contributed by atoms with Gasteiger partial charge in [0.15, 0.2) is 0 Å². The number of rotatable bonds is 10. The molecule has 6 nitrogen and oxygen atoms in total. The van der Waals surface area contributed by atoms with E-state index < -0.39 is 0 Å². The summed E-state index contributed by atoms with van der Waals surface area (Å²) < 4.78 is 0. The standard InChI is InChI=1S/C23H28N4O2/c1-3-20(18-12-7-5-8-13-18)24-26-22(28)16-11-17-23(29)27-25-21(4-2)19-14-9-6-10-15-19/h5-10,12-15H,3-4,11,16-17H2,1-2H3,(H,26,28)(H,27,29). The van der Waals surface area contributed by atoms with Gasteiger partial charge in [-0.2, -0.15) is 10.2 Å². The molecule has 0 spiro atoms. The van der Waals surface area contributed by atoms with E-state index in [-0.39, 0.29) is 24.7 Å². The Morgan fingerprint density at radius 2 is 1.07 bits per heavy atom. The Bertz CT molecular complexity index is 774. The molecule has 29 heavy (non-hydrogen) atoms. The fraction of sp³-hybridized carbons (Fsp3) is 0.304. The van der Waals surface area contributed by atoms with E-state index >= 15 is 0 Å². The van der Waals surface area contributed by atoms with Gasteiger partial charge in [-0.15, -0.1) is 0 Å². The quantitative estimate of drug-likeness (QED) is 0.473. The first-order chi connectivity index (χ1) is 14.1. The van der Waals surface area contributed by atoms with Gasteiger partial charge in [-0.3, -0.25) is 9.59 Å². The van der Waals surface area contributed by atoms with Gasteiger partial charge in [-0.1, -0.05) is 74.5 Å². The molecular formula is C23H28N4O2. The first kappa shape index (κ1) is 22.0. The van der Waals surface area contributed by atoms with Crippen LogP contribution in [0.15, 0.2) is 70.9 Å². The molecule has 2 amide bonds. The van der Waals surface area contributed by atoms with Crippen LogP contribution in [0.2, 0.25) is 0 Å². The zero-order chi connectivity index (χ0) is 20.9. The molecule has 0 aromatic heterocycles. The Hall–Kier alpha value is -3.28. The summed E-state index contributed by atoms with van der Waals surface area (Å²) in [6, 6.07) is 19.5. The summed E-state index contributed by atoms with van der Waals surface area (Å²) in [5.41, 5.74) is 8.76. The highest BCUT2D eigenvalue weighted by molar-refractivity contribution is 6.01. The number of hydrogen-bond acceptors (Lipinski definition) is 4. The predicted octanol–water partition coefficient (Wildman–Crippen LogP) is 4.02. The second-order valence-electron chi connectivity index (χ2n) is 6.48. The van der Waals surface area contributed by atoms with Gasteiger partial charge in [0.25, 0.3) is 0 Å². The number of benzene rings is 2. The number of nitrogens with one attached hydrogen (secondary N) is 2. The molecule has 0 saturated carbocycles. The normalized spacial score (nSPS) is 11.8. The van der Waals surface area contributed by atoms with Crippen molar-refractivity contribution in [1.29, 1.82) is 0 Å². The molecule has 0 radical (unpaired) electrons. The lowest BCUT2D eigenvalue weighted by molar-refractivity contribution is -0.122. The van der Waals surface area contributed by atoms with Gasteiger partial charge >= 0.3 is 0 Å². The minimum atomic E-state index is -0.207. The van der Waals surface area contributed by atoms with Gasteiger partial charge in [0.05, 0.1) is 11.4 Å². The van der Waals surface area contributed by atoms with Crippen molar-refractivity contribution in [2.45, 2.75) is 46.0 Å². The van der Waals surface area contributed by atoms with Crippen LogP contribution in [0.25, 0.3) is 0 Å². The third kappa shape index (κ3) is 7.70. The Morgan fingerprint density at radius 1 is 0.690 bits per heavy atom. The molecule has 2 N–H and O–H groups in total. The molecule has 0 heterocycles. The largest absolute Gasteiger partial charge is 0.273 e. The van der Waals surface area contributed by atoms with Crippen molar-refractivity contribution < 1.29 is 9.59 Å². The summed E-state index contributed by atoms with van der Waals surface area (Å²) >= 11 is 0. The highest BCUT2D eigenvalue weighted by atomic mass is 16.2. The summed E-state index contributed by atoms with van der Waals surface area (Å²) in [5, 5.41) is 8.42. The molecule has 0 aliphatic heterocycles. The zero-order valence-electron chi connectivity index (χ0n) is 17.0. The van der Waals surface area contributed by atoms with Crippen molar-refractivity contribution in [1.82, 2.24) is 10.9 Å². The molecule has 0 saturated heterocycles. The van der Waals surface area contributed by atoms with E-state index in [0.717, 1.165) is 22.6 Å². The first-order valence-electron chi connectivity index (χ1n) is 9.95. The minimum Gasteiger partial charge on any atom is -0.273 e. The molecule has 2 aromatic carbocycles. The summed E-state index contributed by atoms with van der Waals surface area (Å²) in [7, 11) is 0. The van der Waals surface area contributed by atoms with Crippen LogP contribution < -0.4 is 10.9 Å². The van der Waals surface area contributed by atoms with Gasteiger partial charge < -0.3 is 0 Å². The van der Waals surface area contributed by atoms with E-state index in [4.69, 9.17) is 0 Å². The van der Waals surface area contributed by atoms with Gasteiger partial charge in [0.1, 0.15) is 0 Å². The Labute approximate surface area is 172 Å². The molecule has 6 heteroatoms. The fourth-order valence-corrected chi connectivity index (χ4v) is 2.74. The molecule has 152 valence electrons. The third-order valence-electron chi connectivity index (χ3n) is 4.32. The molecular weight excluding hydrogens is 364 g/mol. The van der Waals surface area contributed by atoms with Gasteiger partial charge in [0, 0.05) is 12.8 Å². The smallest absolute Gasteiger partial charge is 0.240 e. The maximum atomic E-state index is 12.0. The van der Waals surface area contributed by atoms with Crippen molar-refractivity contribution in [3.05, 3.63) is 71.8 Å². The van der Waals surface area contributed by atoms with Crippen LogP contribution in [-0.4, -0.2) is 23.2 Å². The zero-order valence-corrected chi connectivity index (χ0v) is 17.0. The molecule has 0 unspecified atom stereocenters. The number of carbonyl (C=O) groups is 2. The molecule has 2 rings (SSSR count). The fourth-order valence-electron chi connectivity index (χ4n) is 2.74. The minimum absolute atomic E-state index is 0.207. The van der Waals surface area contributed by atoms with E-state index in [9.17, 15) is 9.59 Å². The highest BCUT2D eigenvalue weighted by Crippen LogP contribution is 2.05. The molecule has 0 atom stereocenters. The van der Waals surface area contributed by atoms with Crippen molar-refractivity contribution in [3.8, 4) is 0 Å². The van der Waals surface area contributed by atoms with E-state index in [1.54, 1.807) is 0 Å². The summed E-state index contributed by atoms with van der Waals surface area (Å²) in [6.45, 7) is 3.98. The Kier molecular flexibility index (Phi) is 9.29. The number of carbonyl (C=O) groups excluding carboxylic acids is 2. The van der Waals surface area contributed by atoms with E-state index in [2.05, 4.69) is 21.1 Å². The van der Waals surface area contributed by atoms with Crippen molar-refractivity contribution in [2.75, 3.05) is 0 Å². The average molecular weight is 393 g/mol. The van der Waals surface area contributed by atoms with Crippen molar-refractivity contribution >= 4 is 23.2 Å². The van der Waals surface area contributed by atoms with E-state index in [1.165, 1.54) is 0 Å². The van der Waals surface area contributed by atoms with Crippen LogP contribution in [0.5, 0.6) is 0 Å². The third-order valence-corrected chi connectivity index (χ3v) is 4.32. The van der Waals surface area contributed by atoms with Crippen LogP contribution in [0.3, 0.4) is 0 Å². The van der Waals surface area contributed by atoms with Crippen molar-refractivity contribution in [3.63, 3.8) is 0 Å². The van der Waals surface area contributed by atoms with Crippen LogP contribution in [0.1, 0.15) is 57.1 Å². The van der Waals surface area contributed by atoms with Crippen molar-refractivity contribution in [2.24, 2.45) is 10.2 Å². The van der Waals surface area contributed by atoms with Crippen LogP contribution >= 0.6 is 0 Å². The second-order valence-corrected chi connectivity index (χ2v) is 6.48. The number of hydrazone groups is 2. The SMILES string of the molecule is CCC(=NNC(=O)CCCC(=O)NN=C(CC)c1ccccc1)c1ccccc1. The highest BCUT2D eigenvalue weighted by Gasteiger charge is 2.07. The van der Waals surface area contributed by atoms with E-state index in [0.29, 0.717) is 19.3 Å².